The predicted octanol–water partition coefficient (Wildman–Crippen LogP) is 3.18. The SMILES string of the molecule is N#CC(N)=C1c2c(F)c(F)c(F)c(F)c2C(F)(F)C1(F)F. The summed E-state index contributed by atoms with van der Waals surface area (Å²) in [5, 5.41) is 8.41. The van der Waals surface area contributed by atoms with Crippen LogP contribution in [0.5, 0.6) is 0 Å². The van der Waals surface area contributed by atoms with Gasteiger partial charge in [-0.15, -0.1) is 0 Å². The van der Waals surface area contributed by atoms with Crippen LogP contribution in [0.15, 0.2) is 5.70 Å². The fourth-order valence-electron chi connectivity index (χ4n) is 1.99. The maximum Gasteiger partial charge on any atom is 0.343 e. The Morgan fingerprint density at radius 2 is 1.33 bits per heavy atom. The highest BCUT2D eigenvalue weighted by Gasteiger charge is 2.69. The minimum absolute atomic E-state index is 0.861. The summed E-state index contributed by atoms with van der Waals surface area (Å²) in [4.78, 5) is 0. The lowest BCUT2D eigenvalue weighted by Crippen LogP contribution is -2.34. The first kappa shape index (κ1) is 15.1. The molecule has 1 aliphatic carbocycles. The summed E-state index contributed by atoms with van der Waals surface area (Å²) in [6.07, 6.45) is 0. The lowest BCUT2D eigenvalue weighted by molar-refractivity contribution is -0.174. The summed E-state index contributed by atoms with van der Waals surface area (Å²) in [5.74, 6) is -21.1. The van der Waals surface area contributed by atoms with Crippen molar-refractivity contribution in [2.45, 2.75) is 11.8 Å². The Balaban J connectivity index is 3.11. The average Bonchev–Trinajstić information content (AvgIpc) is 2.57. The molecule has 1 aromatic rings. The number of halogens is 8. The number of fused-ring (bicyclic) bond motifs is 1. The van der Waals surface area contributed by atoms with Gasteiger partial charge in [0, 0.05) is 5.56 Å². The number of nitrogens with two attached hydrogens (primary N) is 1. The molecule has 0 fully saturated rings. The van der Waals surface area contributed by atoms with Crippen molar-refractivity contribution in [2.24, 2.45) is 5.73 Å². The van der Waals surface area contributed by atoms with Gasteiger partial charge in [0.15, 0.2) is 23.3 Å². The van der Waals surface area contributed by atoms with E-state index < -0.39 is 57.5 Å². The highest BCUT2D eigenvalue weighted by molar-refractivity contribution is 5.84. The van der Waals surface area contributed by atoms with Gasteiger partial charge in [-0.05, 0) is 0 Å². The number of nitrogens with zero attached hydrogens (tertiary/aromatic N) is 1. The van der Waals surface area contributed by atoms with E-state index in [1.165, 1.54) is 0 Å². The number of benzene rings is 1. The van der Waals surface area contributed by atoms with Crippen molar-refractivity contribution in [3.63, 3.8) is 0 Å². The minimum atomic E-state index is -5.40. The molecule has 0 heterocycles. The smallest absolute Gasteiger partial charge is 0.343 e. The molecule has 0 aliphatic heterocycles. The maximum absolute atomic E-state index is 13.6. The second kappa shape index (κ2) is 4.09. The van der Waals surface area contributed by atoms with Crippen molar-refractivity contribution in [1.82, 2.24) is 0 Å². The van der Waals surface area contributed by atoms with Gasteiger partial charge in [0.05, 0.1) is 11.1 Å². The average molecular weight is 314 g/mol. The van der Waals surface area contributed by atoms with Gasteiger partial charge >= 0.3 is 11.8 Å². The monoisotopic (exact) mass is 314 g/mol. The van der Waals surface area contributed by atoms with E-state index in [2.05, 4.69) is 0 Å². The molecule has 21 heavy (non-hydrogen) atoms. The molecule has 0 aromatic heterocycles. The Morgan fingerprint density at radius 3 is 1.81 bits per heavy atom. The van der Waals surface area contributed by atoms with E-state index in [0.717, 1.165) is 6.07 Å². The van der Waals surface area contributed by atoms with E-state index in [1.807, 2.05) is 0 Å². The summed E-state index contributed by atoms with van der Waals surface area (Å²) in [6, 6.07) is 0.861. The zero-order valence-corrected chi connectivity index (χ0v) is 9.55. The number of rotatable bonds is 0. The Bertz CT molecular complexity index is 729. The topological polar surface area (TPSA) is 49.8 Å². The molecule has 0 unspecified atom stereocenters. The molecule has 1 aromatic carbocycles. The number of nitriles is 1. The van der Waals surface area contributed by atoms with Gasteiger partial charge in [-0.2, -0.15) is 22.8 Å². The highest BCUT2D eigenvalue weighted by atomic mass is 19.3. The lowest BCUT2D eigenvalue weighted by Gasteiger charge is -2.20. The van der Waals surface area contributed by atoms with Crippen molar-refractivity contribution >= 4 is 5.57 Å². The molecule has 0 bridgehead atoms. The summed E-state index contributed by atoms with van der Waals surface area (Å²) >= 11 is 0. The van der Waals surface area contributed by atoms with Crippen LogP contribution in [0.25, 0.3) is 5.57 Å². The summed E-state index contributed by atoms with van der Waals surface area (Å²) in [7, 11) is 0. The van der Waals surface area contributed by atoms with E-state index in [9.17, 15) is 35.1 Å². The standard InChI is InChI=1S/C11H2F8N2/c12-6-3-4(2(21)1-20)10(16,17)11(18,19)5(3)7(13)9(15)8(6)14/h21H2. The first-order valence-electron chi connectivity index (χ1n) is 5.02. The number of hydrogen-bond donors (Lipinski definition) is 1. The fourth-order valence-corrected chi connectivity index (χ4v) is 1.99. The first-order chi connectivity index (χ1) is 9.50. The van der Waals surface area contributed by atoms with E-state index in [-0.39, 0.29) is 0 Å². The first-order valence-corrected chi connectivity index (χ1v) is 5.02. The fraction of sp³-hybridized carbons (Fsp3) is 0.182. The van der Waals surface area contributed by atoms with Crippen molar-refractivity contribution in [3.05, 3.63) is 40.1 Å². The van der Waals surface area contributed by atoms with Crippen LogP contribution in [0.2, 0.25) is 0 Å². The van der Waals surface area contributed by atoms with Crippen molar-refractivity contribution in [2.75, 3.05) is 0 Å². The molecule has 0 atom stereocenters. The molecule has 10 heteroatoms. The Hall–Kier alpha value is -2.31. The van der Waals surface area contributed by atoms with Gasteiger partial charge in [0.25, 0.3) is 0 Å². The summed E-state index contributed by atoms with van der Waals surface area (Å²) < 4.78 is 107. The lowest BCUT2D eigenvalue weighted by atomic mass is 10.0. The number of hydrogen-bond acceptors (Lipinski definition) is 2. The molecule has 0 radical (unpaired) electrons. The van der Waals surface area contributed by atoms with Crippen LogP contribution in [0, 0.1) is 34.6 Å². The third kappa shape index (κ3) is 1.57. The molecule has 0 saturated heterocycles. The third-order valence-electron chi connectivity index (χ3n) is 2.93. The molecule has 2 N–H and O–H groups in total. The van der Waals surface area contributed by atoms with Gasteiger partial charge in [-0.25, -0.2) is 17.6 Å². The van der Waals surface area contributed by atoms with E-state index >= 15 is 0 Å². The quantitative estimate of drug-likeness (QED) is 0.346. The molecular weight excluding hydrogens is 312 g/mol. The maximum atomic E-state index is 13.6. The second-order valence-corrected chi connectivity index (χ2v) is 4.06. The molecule has 0 saturated carbocycles. The number of alkyl halides is 4. The number of allylic oxidation sites excluding steroid dienone is 2. The Kier molecular flexibility index (Phi) is 2.94. The molecule has 0 amide bonds. The van der Waals surface area contributed by atoms with Gasteiger partial charge in [-0.1, -0.05) is 0 Å². The zero-order valence-electron chi connectivity index (χ0n) is 9.55. The molecule has 2 rings (SSSR count). The minimum Gasteiger partial charge on any atom is -0.390 e. The van der Waals surface area contributed by atoms with Crippen molar-refractivity contribution in [3.8, 4) is 6.07 Å². The molecule has 0 spiro atoms. The Morgan fingerprint density at radius 1 is 0.857 bits per heavy atom. The van der Waals surface area contributed by atoms with E-state index in [4.69, 9.17) is 11.0 Å². The highest BCUT2D eigenvalue weighted by Crippen LogP contribution is 2.60. The van der Waals surface area contributed by atoms with Crippen LogP contribution >= 0.6 is 0 Å². The van der Waals surface area contributed by atoms with Crippen molar-refractivity contribution < 1.29 is 35.1 Å². The van der Waals surface area contributed by atoms with Gasteiger partial charge < -0.3 is 5.73 Å². The molecule has 1 aliphatic rings. The largest absolute Gasteiger partial charge is 0.390 e. The third-order valence-corrected chi connectivity index (χ3v) is 2.93. The Labute approximate surface area is 111 Å². The zero-order chi connectivity index (χ0) is 16.3. The van der Waals surface area contributed by atoms with Crippen LogP contribution in [-0.4, -0.2) is 5.92 Å². The van der Waals surface area contributed by atoms with Gasteiger partial charge in [0.2, 0.25) is 0 Å². The van der Waals surface area contributed by atoms with Crippen LogP contribution in [0.3, 0.4) is 0 Å². The normalized spacial score (nSPS) is 20.9. The summed E-state index contributed by atoms with van der Waals surface area (Å²) in [5.41, 5.74) is -3.17. The van der Waals surface area contributed by atoms with E-state index in [1.54, 1.807) is 0 Å². The molecule has 2 nitrogen and oxygen atoms in total. The van der Waals surface area contributed by atoms with Crippen molar-refractivity contribution in [1.29, 1.82) is 5.26 Å². The van der Waals surface area contributed by atoms with Gasteiger partial charge in [-0.3, -0.25) is 0 Å². The van der Waals surface area contributed by atoms with Crippen LogP contribution in [0.4, 0.5) is 35.1 Å². The molecule has 112 valence electrons. The summed E-state index contributed by atoms with van der Waals surface area (Å²) in [6.45, 7) is 0. The van der Waals surface area contributed by atoms with E-state index in [0.29, 0.717) is 0 Å². The second-order valence-electron chi connectivity index (χ2n) is 4.06. The molecular formula is C11H2F8N2. The predicted molar refractivity (Wildman–Crippen MR) is 51.8 cm³/mol. The van der Waals surface area contributed by atoms with Crippen LogP contribution in [-0.2, 0) is 5.92 Å². The van der Waals surface area contributed by atoms with Crippen LogP contribution < -0.4 is 5.73 Å². The van der Waals surface area contributed by atoms with Gasteiger partial charge in [0.1, 0.15) is 11.8 Å². The van der Waals surface area contributed by atoms with Crippen LogP contribution in [0.1, 0.15) is 11.1 Å².